The number of nitrogens with two attached hydrogens (primary N) is 1. The van der Waals surface area contributed by atoms with Gasteiger partial charge in [-0.15, -0.1) is 0 Å². The molecular formula is C16H17F2NO2. The van der Waals surface area contributed by atoms with Crippen LogP contribution in [-0.2, 0) is 0 Å². The standard InChI is InChI=1S/C16H17F2NO2/c1-2-20-13-6-3-11(4-7-13)15(19)10-21-16-8-5-12(17)9-14(16)18/h3-9,15H,2,10,19H2,1H3. The lowest BCUT2D eigenvalue weighted by molar-refractivity contribution is 0.276. The van der Waals surface area contributed by atoms with Gasteiger partial charge < -0.3 is 15.2 Å². The van der Waals surface area contributed by atoms with Crippen molar-refractivity contribution in [2.24, 2.45) is 5.73 Å². The molecule has 0 amide bonds. The maximum absolute atomic E-state index is 13.4. The van der Waals surface area contributed by atoms with Gasteiger partial charge in [0, 0.05) is 6.07 Å². The fourth-order valence-corrected chi connectivity index (χ4v) is 1.85. The predicted molar refractivity (Wildman–Crippen MR) is 76.4 cm³/mol. The highest BCUT2D eigenvalue weighted by molar-refractivity contribution is 5.29. The average Bonchev–Trinajstić information content (AvgIpc) is 2.47. The second-order valence-electron chi connectivity index (χ2n) is 4.49. The van der Waals surface area contributed by atoms with Crippen LogP contribution in [0.2, 0.25) is 0 Å². The van der Waals surface area contributed by atoms with Crippen molar-refractivity contribution in [2.75, 3.05) is 13.2 Å². The first-order chi connectivity index (χ1) is 10.1. The van der Waals surface area contributed by atoms with E-state index in [-0.39, 0.29) is 12.4 Å². The molecule has 0 radical (unpaired) electrons. The van der Waals surface area contributed by atoms with Gasteiger partial charge >= 0.3 is 0 Å². The van der Waals surface area contributed by atoms with Crippen molar-refractivity contribution in [2.45, 2.75) is 13.0 Å². The number of rotatable bonds is 6. The normalized spacial score (nSPS) is 12.0. The van der Waals surface area contributed by atoms with Crippen LogP contribution < -0.4 is 15.2 Å². The fourth-order valence-electron chi connectivity index (χ4n) is 1.85. The molecule has 0 aliphatic rings. The molecule has 1 unspecified atom stereocenters. The van der Waals surface area contributed by atoms with E-state index in [4.69, 9.17) is 15.2 Å². The monoisotopic (exact) mass is 293 g/mol. The van der Waals surface area contributed by atoms with Gasteiger partial charge in [-0.25, -0.2) is 8.78 Å². The van der Waals surface area contributed by atoms with Gasteiger partial charge in [-0.05, 0) is 36.8 Å². The molecule has 0 aliphatic heterocycles. The van der Waals surface area contributed by atoms with Crippen molar-refractivity contribution < 1.29 is 18.3 Å². The first kappa shape index (κ1) is 15.3. The predicted octanol–water partition coefficient (Wildman–Crippen LogP) is 3.44. The van der Waals surface area contributed by atoms with Gasteiger partial charge in [-0.3, -0.25) is 0 Å². The minimum absolute atomic E-state index is 0.0159. The summed E-state index contributed by atoms with van der Waals surface area (Å²) in [5.41, 5.74) is 6.83. The number of halogens is 2. The Morgan fingerprint density at radius 3 is 2.38 bits per heavy atom. The van der Waals surface area contributed by atoms with Crippen LogP contribution in [-0.4, -0.2) is 13.2 Å². The van der Waals surface area contributed by atoms with Gasteiger partial charge in [0.05, 0.1) is 12.6 Å². The molecule has 0 aliphatic carbocycles. The minimum Gasteiger partial charge on any atom is -0.494 e. The second-order valence-corrected chi connectivity index (χ2v) is 4.49. The third kappa shape index (κ3) is 4.16. The summed E-state index contributed by atoms with van der Waals surface area (Å²) < 4.78 is 36.8. The topological polar surface area (TPSA) is 44.5 Å². The Bertz CT molecular complexity index is 587. The van der Waals surface area contributed by atoms with Crippen LogP contribution in [0, 0.1) is 11.6 Å². The third-order valence-electron chi connectivity index (χ3n) is 2.93. The molecule has 0 spiro atoms. The van der Waals surface area contributed by atoms with Crippen LogP contribution in [0.5, 0.6) is 11.5 Å². The Balaban J connectivity index is 1.96. The summed E-state index contributed by atoms with van der Waals surface area (Å²) in [4.78, 5) is 0. The summed E-state index contributed by atoms with van der Waals surface area (Å²) in [5, 5.41) is 0. The molecule has 0 fully saturated rings. The fraction of sp³-hybridized carbons (Fsp3) is 0.250. The van der Waals surface area contributed by atoms with Crippen LogP contribution >= 0.6 is 0 Å². The lowest BCUT2D eigenvalue weighted by Crippen LogP contribution is -2.19. The molecular weight excluding hydrogens is 276 g/mol. The average molecular weight is 293 g/mol. The Kier molecular flexibility index (Phi) is 5.11. The number of hydrogen-bond donors (Lipinski definition) is 1. The zero-order chi connectivity index (χ0) is 15.2. The molecule has 112 valence electrons. The zero-order valence-corrected chi connectivity index (χ0v) is 11.7. The van der Waals surface area contributed by atoms with Crippen LogP contribution in [0.1, 0.15) is 18.5 Å². The molecule has 1 atom stereocenters. The smallest absolute Gasteiger partial charge is 0.167 e. The summed E-state index contributed by atoms with van der Waals surface area (Å²) in [7, 11) is 0. The number of benzene rings is 2. The number of hydrogen-bond acceptors (Lipinski definition) is 3. The van der Waals surface area contributed by atoms with Gasteiger partial charge in [0.2, 0.25) is 0 Å². The molecule has 21 heavy (non-hydrogen) atoms. The van der Waals surface area contributed by atoms with Gasteiger partial charge in [0.1, 0.15) is 18.2 Å². The van der Waals surface area contributed by atoms with E-state index in [9.17, 15) is 8.78 Å². The van der Waals surface area contributed by atoms with E-state index in [0.29, 0.717) is 6.61 Å². The second kappa shape index (κ2) is 7.04. The van der Waals surface area contributed by atoms with Crippen molar-refractivity contribution in [1.82, 2.24) is 0 Å². The largest absolute Gasteiger partial charge is 0.494 e. The Hall–Kier alpha value is -2.14. The molecule has 0 saturated heterocycles. The molecule has 2 rings (SSSR count). The highest BCUT2D eigenvalue weighted by Crippen LogP contribution is 2.21. The summed E-state index contributed by atoms with van der Waals surface area (Å²) >= 11 is 0. The van der Waals surface area contributed by atoms with E-state index in [2.05, 4.69) is 0 Å². The summed E-state index contributed by atoms with van der Waals surface area (Å²) in [6, 6.07) is 10.0. The summed E-state index contributed by atoms with van der Waals surface area (Å²) in [6.45, 7) is 2.60. The zero-order valence-electron chi connectivity index (χ0n) is 11.7. The van der Waals surface area contributed by atoms with Crippen LogP contribution in [0.3, 0.4) is 0 Å². The molecule has 0 saturated carbocycles. The highest BCUT2D eigenvalue weighted by Gasteiger charge is 2.10. The SMILES string of the molecule is CCOc1ccc(C(N)COc2ccc(F)cc2F)cc1. The number of ether oxygens (including phenoxy) is 2. The minimum atomic E-state index is -0.742. The molecule has 5 heteroatoms. The van der Waals surface area contributed by atoms with Gasteiger partial charge in [-0.2, -0.15) is 0 Å². The van der Waals surface area contributed by atoms with E-state index < -0.39 is 17.7 Å². The van der Waals surface area contributed by atoms with E-state index in [1.54, 1.807) is 0 Å². The highest BCUT2D eigenvalue weighted by atomic mass is 19.1. The van der Waals surface area contributed by atoms with E-state index in [0.717, 1.165) is 23.4 Å². The van der Waals surface area contributed by atoms with E-state index >= 15 is 0 Å². The first-order valence-electron chi connectivity index (χ1n) is 6.66. The Morgan fingerprint density at radius 2 is 1.76 bits per heavy atom. The van der Waals surface area contributed by atoms with Crippen LogP contribution in [0.4, 0.5) is 8.78 Å². The van der Waals surface area contributed by atoms with Gasteiger partial charge in [0.15, 0.2) is 11.6 Å². The Morgan fingerprint density at radius 1 is 1.05 bits per heavy atom. The van der Waals surface area contributed by atoms with Gasteiger partial charge in [0.25, 0.3) is 0 Å². The van der Waals surface area contributed by atoms with Crippen LogP contribution in [0.25, 0.3) is 0 Å². The Labute approximate surface area is 122 Å². The van der Waals surface area contributed by atoms with E-state index in [1.807, 2.05) is 31.2 Å². The van der Waals surface area contributed by atoms with Crippen molar-refractivity contribution in [1.29, 1.82) is 0 Å². The third-order valence-corrected chi connectivity index (χ3v) is 2.93. The van der Waals surface area contributed by atoms with Crippen LogP contribution in [0.15, 0.2) is 42.5 Å². The maximum atomic E-state index is 13.4. The summed E-state index contributed by atoms with van der Waals surface area (Å²) in [5.74, 6) is -0.638. The molecule has 0 heterocycles. The molecule has 0 aromatic heterocycles. The van der Waals surface area contributed by atoms with Gasteiger partial charge in [-0.1, -0.05) is 12.1 Å². The van der Waals surface area contributed by atoms with Crippen molar-refractivity contribution in [3.8, 4) is 11.5 Å². The molecule has 2 N–H and O–H groups in total. The summed E-state index contributed by atoms with van der Waals surface area (Å²) in [6.07, 6.45) is 0. The lowest BCUT2D eigenvalue weighted by atomic mass is 10.1. The maximum Gasteiger partial charge on any atom is 0.167 e. The van der Waals surface area contributed by atoms with Crippen molar-refractivity contribution in [3.05, 3.63) is 59.7 Å². The molecule has 3 nitrogen and oxygen atoms in total. The first-order valence-corrected chi connectivity index (χ1v) is 6.66. The lowest BCUT2D eigenvalue weighted by Gasteiger charge is -2.14. The van der Waals surface area contributed by atoms with E-state index in [1.165, 1.54) is 6.07 Å². The molecule has 0 bridgehead atoms. The molecule has 2 aromatic rings. The van der Waals surface area contributed by atoms with Crippen molar-refractivity contribution >= 4 is 0 Å². The molecule has 2 aromatic carbocycles. The van der Waals surface area contributed by atoms with Crippen molar-refractivity contribution in [3.63, 3.8) is 0 Å². The quantitative estimate of drug-likeness (QED) is 0.887.